The summed E-state index contributed by atoms with van der Waals surface area (Å²) in [5.74, 6) is -0.822. The lowest BCUT2D eigenvalue weighted by atomic mass is 10.1. The number of aliphatic carboxylic acids is 1. The minimum Gasteiger partial charge on any atom is -0.480 e. The minimum absolute atomic E-state index is 0.111. The highest BCUT2D eigenvalue weighted by Crippen LogP contribution is 1.96. The van der Waals surface area contributed by atoms with Gasteiger partial charge in [0.15, 0.2) is 0 Å². The topological polar surface area (TPSA) is 106 Å². The van der Waals surface area contributed by atoms with Crippen LogP contribution in [0.4, 0.5) is 0 Å². The maximum absolute atomic E-state index is 10.1. The molecule has 5 N–H and O–H groups in total. The number of hydrogen-bond donors (Lipinski definition) is 3. The van der Waals surface area contributed by atoms with Gasteiger partial charge in [-0.2, -0.15) is 0 Å². The molecule has 0 aromatic carbocycles. The summed E-state index contributed by atoms with van der Waals surface area (Å²) < 4.78 is 0. The number of carboxylic acids is 1. The van der Waals surface area contributed by atoms with Gasteiger partial charge in [-0.05, 0) is 19.4 Å². The number of hydrogen-bond acceptors (Lipinski definition) is 4. The number of carbonyl (C=O) groups excluding carboxylic acids is 1. The molecule has 0 spiro atoms. The summed E-state index contributed by atoms with van der Waals surface area (Å²) in [4.78, 5) is 19.2. The van der Waals surface area contributed by atoms with Gasteiger partial charge in [-0.1, -0.05) is 6.42 Å². The maximum atomic E-state index is 10.1. The first kappa shape index (κ1) is 15.8. The zero-order valence-corrected chi connectivity index (χ0v) is 8.74. The van der Waals surface area contributed by atoms with Gasteiger partial charge in [0.25, 0.3) is 0 Å². The molecule has 0 aliphatic rings. The Hall–Kier alpha value is -0.650. The van der Waals surface area contributed by atoms with Crippen LogP contribution in [0.1, 0.15) is 19.3 Å². The van der Waals surface area contributed by atoms with Gasteiger partial charge in [-0.25, -0.2) is 0 Å². The van der Waals surface area contributed by atoms with Crippen molar-refractivity contribution in [3.8, 4) is 0 Å². The number of carbonyl (C=O) groups is 2. The van der Waals surface area contributed by atoms with Crippen molar-refractivity contribution < 1.29 is 14.7 Å². The molecule has 0 aliphatic heterocycles. The van der Waals surface area contributed by atoms with E-state index in [1.54, 1.807) is 0 Å². The van der Waals surface area contributed by atoms with E-state index in [4.69, 9.17) is 33.0 Å². The van der Waals surface area contributed by atoms with Gasteiger partial charge in [0.1, 0.15) is 12.3 Å². The third kappa shape index (κ3) is 13.9. The van der Waals surface area contributed by atoms with E-state index in [-0.39, 0.29) is 5.88 Å². The molecule has 0 saturated carbocycles. The Morgan fingerprint density at radius 1 is 1.50 bits per heavy atom. The Bertz CT molecular complexity index is 156. The van der Waals surface area contributed by atoms with Crippen molar-refractivity contribution in [3.63, 3.8) is 0 Å². The van der Waals surface area contributed by atoms with Crippen LogP contribution in [0, 0.1) is 0 Å². The Morgan fingerprint density at radius 2 is 2.00 bits per heavy atom. The number of unbranched alkanes of at least 4 members (excludes halogenated alkanes) is 1. The van der Waals surface area contributed by atoms with Crippen LogP contribution in [0.3, 0.4) is 0 Å². The van der Waals surface area contributed by atoms with Gasteiger partial charge in [-0.15, -0.1) is 11.6 Å². The minimum atomic E-state index is -0.933. The van der Waals surface area contributed by atoms with E-state index in [2.05, 4.69) is 0 Å². The van der Waals surface area contributed by atoms with Crippen LogP contribution in [0.5, 0.6) is 0 Å². The van der Waals surface area contributed by atoms with Crippen LogP contribution in [0.2, 0.25) is 0 Å². The lowest BCUT2D eigenvalue weighted by molar-refractivity contribution is -0.138. The van der Waals surface area contributed by atoms with Gasteiger partial charge in [0.2, 0.25) is 0 Å². The smallest absolute Gasteiger partial charge is 0.320 e. The van der Waals surface area contributed by atoms with Crippen molar-refractivity contribution in [2.45, 2.75) is 25.3 Å². The second-order valence-corrected chi connectivity index (χ2v) is 2.86. The molecule has 0 bridgehead atoms. The zero-order chi connectivity index (χ0) is 11.4. The lowest BCUT2D eigenvalue weighted by Gasteiger charge is -2.03. The fraction of sp³-hybridized carbons (Fsp3) is 0.750. The molecule has 0 amide bonds. The second-order valence-electron chi connectivity index (χ2n) is 2.55. The average Bonchev–Trinajstić information content (AvgIpc) is 2.18. The third-order valence-corrected chi connectivity index (χ3v) is 1.48. The summed E-state index contributed by atoms with van der Waals surface area (Å²) in [7, 11) is 0. The van der Waals surface area contributed by atoms with Gasteiger partial charge in [0, 0.05) is 0 Å². The van der Waals surface area contributed by atoms with Gasteiger partial charge in [0.05, 0.1) is 5.88 Å². The molecule has 0 radical (unpaired) electrons. The SMILES string of the molecule is NCCCC[C@H](N)C(=O)O.O=CCCl. The molecule has 5 nitrogen and oxygen atoms in total. The van der Waals surface area contributed by atoms with Gasteiger partial charge >= 0.3 is 5.97 Å². The maximum Gasteiger partial charge on any atom is 0.320 e. The van der Waals surface area contributed by atoms with Crippen molar-refractivity contribution >= 4 is 23.9 Å². The normalized spacial score (nSPS) is 11.1. The summed E-state index contributed by atoms with van der Waals surface area (Å²) in [6.45, 7) is 0.604. The predicted molar refractivity (Wildman–Crippen MR) is 55.3 cm³/mol. The highest BCUT2D eigenvalue weighted by Gasteiger charge is 2.09. The average molecular weight is 225 g/mol. The number of carboxylic acid groups (broad SMARTS) is 1. The molecule has 84 valence electrons. The summed E-state index contributed by atoms with van der Waals surface area (Å²) in [6, 6.07) is -0.716. The number of nitrogens with two attached hydrogens (primary N) is 2. The van der Waals surface area contributed by atoms with Crippen LogP contribution in [0.25, 0.3) is 0 Å². The van der Waals surface area contributed by atoms with Crippen LogP contribution < -0.4 is 11.5 Å². The Balaban J connectivity index is 0. The monoisotopic (exact) mass is 224 g/mol. The first-order chi connectivity index (χ1) is 6.59. The Morgan fingerprint density at radius 3 is 2.29 bits per heavy atom. The molecular formula is C8H17ClN2O3. The van der Waals surface area contributed by atoms with E-state index in [1.165, 1.54) is 0 Å². The van der Waals surface area contributed by atoms with Crippen molar-refractivity contribution in [3.05, 3.63) is 0 Å². The standard InChI is InChI=1S/C6H14N2O2.C2H3ClO/c7-4-2-1-3-5(8)6(9)10;3-1-2-4/h5H,1-4,7-8H2,(H,9,10);2H,1H2/t5-;/m0./s1. The molecule has 0 saturated heterocycles. The fourth-order valence-corrected chi connectivity index (χ4v) is 0.632. The highest BCUT2D eigenvalue weighted by molar-refractivity contribution is 6.24. The summed E-state index contributed by atoms with van der Waals surface area (Å²) in [6.07, 6.45) is 2.80. The molecule has 14 heavy (non-hydrogen) atoms. The van der Waals surface area contributed by atoms with E-state index in [0.29, 0.717) is 19.3 Å². The Kier molecular flexibility index (Phi) is 13.9. The molecule has 0 rings (SSSR count). The fourth-order valence-electron chi connectivity index (χ4n) is 0.632. The zero-order valence-electron chi connectivity index (χ0n) is 7.99. The number of alkyl halides is 1. The highest BCUT2D eigenvalue weighted by atomic mass is 35.5. The summed E-state index contributed by atoms with van der Waals surface area (Å²) >= 11 is 4.82. The largest absolute Gasteiger partial charge is 0.480 e. The van der Waals surface area contributed by atoms with E-state index < -0.39 is 12.0 Å². The molecule has 0 unspecified atom stereocenters. The van der Waals surface area contributed by atoms with Crippen LogP contribution >= 0.6 is 11.6 Å². The lowest BCUT2D eigenvalue weighted by Crippen LogP contribution is -2.29. The number of rotatable bonds is 6. The number of aldehydes is 1. The van der Waals surface area contributed by atoms with Crippen molar-refractivity contribution in [2.24, 2.45) is 11.5 Å². The van der Waals surface area contributed by atoms with Crippen LogP contribution in [0.15, 0.2) is 0 Å². The molecule has 0 fully saturated rings. The molecule has 0 aliphatic carbocycles. The third-order valence-electron chi connectivity index (χ3n) is 1.35. The molecule has 1 atom stereocenters. The van der Waals surface area contributed by atoms with Crippen molar-refractivity contribution in [2.75, 3.05) is 12.4 Å². The van der Waals surface area contributed by atoms with Crippen LogP contribution in [-0.4, -0.2) is 35.8 Å². The van der Waals surface area contributed by atoms with Crippen molar-refractivity contribution in [1.82, 2.24) is 0 Å². The molecule has 0 heterocycles. The first-order valence-electron chi connectivity index (χ1n) is 4.28. The van der Waals surface area contributed by atoms with E-state index in [1.807, 2.05) is 0 Å². The van der Waals surface area contributed by atoms with Crippen LogP contribution in [-0.2, 0) is 9.59 Å². The van der Waals surface area contributed by atoms with E-state index >= 15 is 0 Å². The first-order valence-corrected chi connectivity index (χ1v) is 4.81. The second kappa shape index (κ2) is 12.3. The molecule has 0 aromatic heterocycles. The van der Waals surface area contributed by atoms with E-state index in [0.717, 1.165) is 12.8 Å². The predicted octanol–water partition coefficient (Wildman–Crippen LogP) is -0.0486. The van der Waals surface area contributed by atoms with Gasteiger partial charge in [-0.3, -0.25) is 4.79 Å². The van der Waals surface area contributed by atoms with Crippen molar-refractivity contribution in [1.29, 1.82) is 0 Å². The molecule has 6 heteroatoms. The Labute approximate surface area is 88.4 Å². The quantitative estimate of drug-likeness (QED) is 0.333. The number of halogens is 1. The summed E-state index contributed by atoms with van der Waals surface area (Å²) in [5, 5.41) is 8.33. The van der Waals surface area contributed by atoms with E-state index in [9.17, 15) is 4.79 Å². The molecular weight excluding hydrogens is 208 g/mol. The van der Waals surface area contributed by atoms with Gasteiger partial charge < -0.3 is 21.4 Å². The summed E-state index contributed by atoms with van der Waals surface area (Å²) in [5.41, 5.74) is 10.4. The molecule has 0 aromatic rings.